The monoisotopic (exact) mass is 263 g/mol. The fourth-order valence-corrected chi connectivity index (χ4v) is 1.57. The van der Waals surface area contributed by atoms with Crippen molar-refractivity contribution in [1.82, 2.24) is 14.7 Å². The normalized spacial score (nSPS) is 10.9. The van der Waals surface area contributed by atoms with E-state index in [0.29, 0.717) is 5.82 Å². The number of aromatic carboxylic acids is 1. The smallest absolute Gasteiger partial charge is 0.352 e. The number of aromatic nitrogens is 3. The molecule has 19 heavy (non-hydrogen) atoms. The number of nitrogens with zero attached hydrogens (tertiary/aromatic N) is 3. The van der Waals surface area contributed by atoms with Crippen molar-refractivity contribution in [2.45, 2.75) is 26.3 Å². The maximum atomic E-state index is 11.7. The first kappa shape index (κ1) is 13.0. The molecule has 2 aromatic rings. The van der Waals surface area contributed by atoms with Crippen molar-refractivity contribution in [2.75, 3.05) is 0 Å². The van der Waals surface area contributed by atoms with Crippen molar-refractivity contribution < 1.29 is 14.4 Å². The second-order valence-electron chi connectivity index (χ2n) is 4.34. The average molecular weight is 263 g/mol. The van der Waals surface area contributed by atoms with Crippen molar-refractivity contribution >= 4 is 5.97 Å². The number of hydrogen-bond acceptors (Lipinski definition) is 5. The zero-order valence-electron chi connectivity index (χ0n) is 10.5. The highest BCUT2D eigenvalue weighted by molar-refractivity contribution is 5.85. The number of carbonyl (C=O) groups is 1. The molecule has 1 N–H and O–H groups in total. The molecule has 7 nitrogen and oxygen atoms in total. The summed E-state index contributed by atoms with van der Waals surface area (Å²) in [5, 5.41) is 12.8. The van der Waals surface area contributed by atoms with Crippen molar-refractivity contribution in [3.63, 3.8) is 0 Å². The van der Waals surface area contributed by atoms with E-state index in [1.54, 1.807) is 0 Å². The average Bonchev–Trinajstić information content (AvgIpc) is 2.80. The van der Waals surface area contributed by atoms with E-state index in [1.807, 2.05) is 13.8 Å². The van der Waals surface area contributed by atoms with Crippen LogP contribution >= 0.6 is 0 Å². The van der Waals surface area contributed by atoms with E-state index < -0.39 is 11.5 Å². The molecule has 0 unspecified atom stereocenters. The molecule has 2 rings (SSSR count). The van der Waals surface area contributed by atoms with Gasteiger partial charge in [-0.3, -0.25) is 9.36 Å². The van der Waals surface area contributed by atoms with E-state index in [9.17, 15) is 9.59 Å². The number of pyridine rings is 1. The molecule has 0 atom stereocenters. The van der Waals surface area contributed by atoms with Gasteiger partial charge in [-0.05, 0) is 6.07 Å². The van der Waals surface area contributed by atoms with E-state index in [1.165, 1.54) is 18.2 Å². The standard InChI is InChI=1S/C12H13N3O4/c1-7(2)11-13-9(19-14-11)6-15-8(12(17)18)4-3-5-10(15)16/h3-5,7H,6H2,1-2H3,(H,17,18). The van der Waals surface area contributed by atoms with Gasteiger partial charge in [0.15, 0.2) is 5.82 Å². The largest absolute Gasteiger partial charge is 0.477 e. The molecule has 100 valence electrons. The molecular weight excluding hydrogens is 250 g/mol. The number of carboxylic acids is 1. The fourth-order valence-electron chi connectivity index (χ4n) is 1.57. The van der Waals surface area contributed by atoms with Crippen molar-refractivity contribution in [3.8, 4) is 0 Å². The summed E-state index contributed by atoms with van der Waals surface area (Å²) >= 11 is 0. The molecule has 2 aromatic heterocycles. The molecule has 0 saturated carbocycles. The van der Waals surface area contributed by atoms with Gasteiger partial charge in [-0.15, -0.1) is 0 Å². The highest BCUT2D eigenvalue weighted by atomic mass is 16.5. The van der Waals surface area contributed by atoms with Crippen LogP contribution in [0, 0.1) is 0 Å². The lowest BCUT2D eigenvalue weighted by molar-refractivity contribution is 0.0683. The highest BCUT2D eigenvalue weighted by Crippen LogP contribution is 2.10. The summed E-state index contributed by atoms with van der Waals surface area (Å²) in [4.78, 5) is 26.9. The first-order chi connectivity index (χ1) is 8.99. The third kappa shape index (κ3) is 2.70. The van der Waals surface area contributed by atoms with Crippen LogP contribution in [-0.2, 0) is 6.54 Å². The molecule has 0 aliphatic carbocycles. The van der Waals surface area contributed by atoms with Gasteiger partial charge in [0, 0.05) is 12.0 Å². The molecule has 2 heterocycles. The Balaban J connectivity index is 2.37. The Hall–Kier alpha value is -2.44. The van der Waals surface area contributed by atoms with Gasteiger partial charge in [-0.1, -0.05) is 25.1 Å². The van der Waals surface area contributed by atoms with Gasteiger partial charge in [0.1, 0.15) is 12.2 Å². The summed E-state index contributed by atoms with van der Waals surface area (Å²) in [7, 11) is 0. The van der Waals surface area contributed by atoms with Crippen LogP contribution in [0.5, 0.6) is 0 Å². The van der Waals surface area contributed by atoms with Gasteiger partial charge >= 0.3 is 5.97 Å². The Kier molecular flexibility index (Phi) is 3.46. The van der Waals surface area contributed by atoms with Crippen LogP contribution in [-0.4, -0.2) is 25.8 Å². The van der Waals surface area contributed by atoms with Crippen LogP contribution in [0.3, 0.4) is 0 Å². The summed E-state index contributed by atoms with van der Waals surface area (Å²) in [6.45, 7) is 3.76. The molecule has 0 radical (unpaired) electrons. The third-order valence-electron chi connectivity index (χ3n) is 2.56. The third-order valence-corrected chi connectivity index (χ3v) is 2.56. The molecule has 0 saturated heterocycles. The lowest BCUT2D eigenvalue weighted by atomic mass is 10.2. The molecule has 7 heteroatoms. The van der Waals surface area contributed by atoms with Crippen molar-refractivity contribution in [2.24, 2.45) is 0 Å². The Labute approximate surface area is 108 Å². The zero-order chi connectivity index (χ0) is 14.0. The lowest BCUT2D eigenvalue weighted by Crippen LogP contribution is -2.25. The Bertz CT molecular complexity index is 657. The number of rotatable bonds is 4. The van der Waals surface area contributed by atoms with E-state index in [-0.39, 0.29) is 24.0 Å². The molecule has 0 fully saturated rings. The summed E-state index contributed by atoms with van der Waals surface area (Å²) in [6.07, 6.45) is 0. The first-order valence-corrected chi connectivity index (χ1v) is 5.74. The van der Waals surface area contributed by atoms with Crippen LogP contribution in [0.15, 0.2) is 27.5 Å². The van der Waals surface area contributed by atoms with Gasteiger partial charge in [-0.2, -0.15) is 4.98 Å². The molecule has 0 spiro atoms. The predicted octanol–water partition coefficient (Wildman–Crippen LogP) is 1.10. The minimum Gasteiger partial charge on any atom is -0.477 e. The summed E-state index contributed by atoms with van der Waals surface area (Å²) in [5.74, 6) is -0.347. The van der Waals surface area contributed by atoms with Crippen LogP contribution in [0.4, 0.5) is 0 Å². The van der Waals surface area contributed by atoms with Crippen LogP contribution in [0.25, 0.3) is 0 Å². The topological polar surface area (TPSA) is 98.2 Å². The van der Waals surface area contributed by atoms with Gasteiger partial charge in [0.2, 0.25) is 5.89 Å². The SMILES string of the molecule is CC(C)c1noc(Cn2c(C(=O)O)cccc2=O)n1. The number of hydrogen-bond donors (Lipinski definition) is 1. The quantitative estimate of drug-likeness (QED) is 0.886. The summed E-state index contributed by atoms with van der Waals surface area (Å²) in [5.41, 5.74) is -0.541. The molecule has 0 amide bonds. The fraction of sp³-hybridized carbons (Fsp3) is 0.333. The van der Waals surface area contributed by atoms with Crippen LogP contribution in [0.1, 0.15) is 42.0 Å². The molecular formula is C12H13N3O4. The second-order valence-corrected chi connectivity index (χ2v) is 4.34. The molecule has 0 aromatic carbocycles. The van der Waals surface area contributed by atoms with Gasteiger partial charge in [-0.25, -0.2) is 4.79 Å². The first-order valence-electron chi connectivity index (χ1n) is 5.74. The van der Waals surface area contributed by atoms with E-state index in [4.69, 9.17) is 9.63 Å². The minimum absolute atomic E-state index is 0.0545. The Morgan fingerprint density at radius 1 is 1.47 bits per heavy atom. The predicted molar refractivity (Wildman–Crippen MR) is 65.2 cm³/mol. The van der Waals surface area contributed by atoms with Crippen molar-refractivity contribution in [3.05, 3.63) is 46.0 Å². The lowest BCUT2D eigenvalue weighted by Gasteiger charge is -2.05. The van der Waals surface area contributed by atoms with Gasteiger partial charge in [0.25, 0.3) is 5.56 Å². The zero-order valence-corrected chi connectivity index (χ0v) is 10.5. The Morgan fingerprint density at radius 3 is 2.79 bits per heavy atom. The molecule has 0 aliphatic rings. The molecule has 0 aliphatic heterocycles. The van der Waals surface area contributed by atoms with E-state index >= 15 is 0 Å². The summed E-state index contributed by atoms with van der Waals surface area (Å²) in [6, 6.07) is 4.03. The maximum Gasteiger partial charge on any atom is 0.352 e. The van der Waals surface area contributed by atoms with E-state index in [0.717, 1.165) is 4.57 Å². The highest BCUT2D eigenvalue weighted by Gasteiger charge is 2.15. The number of carboxylic acid groups (broad SMARTS) is 1. The van der Waals surface area contributed by atoms with Crippen LogP contribution in [0.2, 0.25) is 0 Å². The van der Waals surface area contributed by atoms with Gasteiger partial charge < -0.3 is 9.63 Å². The van der Waals surface area contributed by atoms with Gasteiger partial charge in [0.05, 0.1) is 0 Å². The van der Waals surface area contributed by atoms with E-state index in [2.05, 4.69) is 10.1 Å². The second kappa shape index (κ2) is 5.05. The minimum atomic E-state index is -1.18. The Morgan fingerprint density at radius 2 is 2.21 bits per heavy atom. The van der Waals surface area contributed by atoms with Crippen molar-refractivity contribution in [1.29, 1.82) is 0 Å². The maximum absolute atomic E-state index is 11.7. The molecule has 0 bridgehead atoms. The van der Waals surface area contributed by atoms with Crippen LogP contribution < -0.4 is 5.56 Å². The summed E-state index contributed by atoms with van der Waals surface area (Å²) < 4.78 is 6.09.